The van der Waals surface area contributed by atoms with Gasteiger partial charge in [0.05, 0.1) is 11.5 Å². The van der Waals surface area contributed by atoms with E-state index in [1.165, 1.54) is 0 Å². The zero-order valence-corrected chi connectivity index (χ0v) is 13.4. The topological polar surface area (TPSA) is 57.6 Å². The summed E-state index contributed by atoms with van der Waals surface area (Å²) in [7, 11) is 0. The summed E-state index contributed by atoms with van der Waals surface area (Å²) in [6.07, 6.45) is 0.529. The van der Waals surface area contributed by atoms with Crippen LogP contribution in [0.3, 0.4) is 0 Å². The van der Waals surface area contributed by atoms with Gasteiger partial charge >= 0.3 is 5.97 Å². The number of rotatable bonds is 4. The summed E-state index contributed by atoms with van der Waals surface area (Å²) >= 11 is 1.66. The quantitative estimate of drug-likeness (QED) is 0.868. The number of carbonyl (C=O) groups is 2. The van der Waals surface area contributed by atoms with Gasteiger partial charge in [0, 0.05) is 22.7 Å². The zero-order valence-electron chi connectivity index (χ0n) is 12.6. The number of likely N-dealkylation sites (tertiary alicyclic amines) is 1. The molecular formula is C16H21NO3S. The third-order valence-electron chi connectivity index (χ3n) is 3.81. The van der Waals surface area contributed by atoms with Gasteiger partial charge in [0.1, 0.15) is 0 Å². The first-order valence-electron chi connectivity index (χ1n) is 7.21. The Balaban J connectivity index is 2.23. The van der Waals surface area contributed by atoms with E-state index < -0.39 is 11.9 Å². The second-order valence-electron chi connectivity index (χ2n) is 5.64. The molecule has 114 valence electrons. The van der Waals surface area contributed by atoms with Crippen molar-refractivity contribution < 1.29 is 14.7 Å². The molecule has 0 saturated carbocycles. The van der Waals surface area contributed by atoms with Crippen molar-refractivity contribution in [2.45, 2.75) is 43.4 Å². The lowest BCUT2D eigenvalue weighted by atomic mass is 10.0. The molecule has 0 aromatic heterocycles. The Labute approximate surface area is 129 Å². The van der Waals surface area contributed by atoms with Crippen LogP contribution in [0.25, 0.3) is 0 Å². The molecule has 1 heterocycles. The molecule has 21 heavy (non-hydrogen) atoms. The fourth-order valence-electron chi connectivity index (χ4n) is 2.71. The molecule has 1 aromatic carbocycles. The molecule has 1 amide bonds. The fraction of sp³-hybridized carbons (Fsp3) is 0.500. The summed E-state index contributed by atoms with van der Waals surface area (Å²) in [5.41, 5.74) is 0.675. The fourth-order valence-corrected chi connectivity index (χ4v) is 3.66. The van der Waals surface area contributed by atoms with Gasteiger partial charge in [-0.05, 0) is 25.5 Å². The Bertz CT molecular complexity index is 544. The molecule has 2 unspecified atom stereocenters. The average molecular weight is 307 g/mol. The Morgan fingerprint density at radius 1 is 1.33 bits per heavy atom. The van der Waals surface area contributed by atoms with E-state index >= 15 is 0 Å². The standard InChI is InChI=1S/C16H21NO3S/c1-10(2)21-14-7-5-4-6-13(14)15(18)17-9-8-12(11(17)3)16(19)20/h4-7,10-12H,8-9H2,1-3H3,(H,19,20). The van der Waals surface area contributed by atoms with Crippen LogP contribution in [0.15, 0.2) is 29.2 Å². The monoisotopic (exact) mass is 307 g/mol. The molecule has 1 aliphatic heterocycles. The molecule has 1 aromatic rings. The minimum absolute atomic E-state index is 0.0602. The Hall–Kier alpha value is -1.49. The van der Waals surface area contributed by atoms with Crippen molar-refractivity contribution in [3.63, 3.8) is 0 Å². The molecule has 1 N–H and O–H groups in total. The number of carbonyl (C=O) groups excluding carboxylic acids is 1. The predicted molar refractivity (Wildman–Crippen MR) is 83.7 cm³/mol. The van der Waals surface area contributed by atoms with Crippen molar-refractivity contribution in [1.82, 2.24) is 4.90 Å². The second kappa shape index (κ2) is 6.52. The van der Waals surface area contributed by atoms with Crippen LogP contribution < -0.4 is 0 Å². The molecule has 2 atom stereocenters. The average Bonchev–Trinajstić information content (AvgIpc) is 2.80. The summed E-state index contributed by atoms with van der Waals surface area (Å²) in [5.74, 6) is -1.34. The van der Waals surface area contributed by atoms with Crippen molar-refractivity contribution >= 4 is 23.6 Å². The number of thioether (sulfide) groups is 1. The van der Waals surface area contributed by atoms with Gasteiger partial charge in [0.2, 0.25) is 0 Å². The molecule has 0 spiro atoms. The van der Waals surface area contributed by atoms with Gasteiger partial charge in [0.15, 0.2) is 0 Å². The van der Waals surface area contributed by atoms with Gasteiger partial charge in [-0.15, -0.1) is 11.8 Å². The highest BCUT2D eigenvalue weighted by Gasteiger charge is 2.38. The third-order valence-corrected chi connectivity index (χ3v) is 4.89. The van der Waals surface area contributed by atoms with Gasteiger partial charge in [-0.3, -0.25) is 9.59 Å². The van der Waals surface area contributed by atoms with E-state index in [-0.39, 0.29) is 11.9 Å². The number of aliphatic carboxylic acids is 1. The molecular weight excluding hydrogens is 286 g/mol. The molecule has 2 rings (SSSR count). The molecule has 1 saturated heterocycles. The van der Waals surface area contributed by atoms with Crippen LogP contribution >= 0.6 is 11.8 Å². The summed E-state index contributed by atoms with van der Waals surface area (Å²) in [5, 5.41) is 9.58. The molecule has 1 fully saturated rings. The first kappa shape index (κ1) is 15.9. The van der Waals surface area contributed by atoms with E-state index in [0.717, 1.165) is 4.90 Å². The SMILES string of the molecule is CC(C)Sc1ccccc1C(=O)N1CCC(C(=O)O)C1C. The molecule has 1 aliphatic rings. The van der Waals surface area contributed by atoms with Gasteiger partial charge in [-0.25, -0.2) is 0 Å². The minimum Gasteiger partial charge on any atom is -0.481 e. The molecule has 5 heteroatoms. The van der Waals surface area contributed by atoms with Crippen LogP contribution in [0, 0.1) is 5.92 Å². The lowest BCUT2D eigenvalue weighted by Gasteiger charge is -2.24. The summed E-state index contributed by atoms with van der Waals surface area (Å²) < 4.78 is 0. The van der Waals surface area contributed by atoms with Gasteiger partial charge < -0.3 is 10.0 Å². The Morgan fingerprint density at radius 3 is 2.57 bits per heavy atom. The number of hydrogen-bond donors (Lipinski definition) is 1. The van der Waals surface area contributed by atoms with Crippen molar-refractivity contribution in [2.75, 3.05) is 6.54 Å². The normalized spacial score (nSPS) is 21.8. The maximum absolute atomic E-state index is 12.7. The first-order valence-corrected chi connectivity index (χ1v) is 8.09. The smallest absolute Gasteiger partial charge is 0.308 e. The maximum Gasteiger partial charge on any atom is 0.308 e. The molecule has 0 bridgehead atoms. The van der Waals surface area contributed by atoms with Crippen LogP contribution in [-0.2, 0) is 4.79 Å². The van der Waals surface area contributed by atoms with Crippen molar-refractivity contribution in [3.8, 4) is 0 Å². The molecule has 0 aliphatic carbocycles. The number of nitrogens with zero attached hydrogens (tertiary/aromatic N) is 1. The van der Waals surface area contributed by atoms with Gasteiger partial charge in [-0.1, -0.05) is 26.0 Å². The number of amides is 1. The van der Waals surface area contributed by atoms with Crippen LogP contribution in [0.4, 0.5) is 0 Å². The van der Waals surface area contributed by atoms with Crippen LogP contribution in [0.5, 0.6) is 0 Å². The number of benzene rings is 1. The predicted octanol–water partition coefficient (Wildman–Crippen LogP) is 3.12. The van der Waals surface area contributed by atoms with E-state index in [1.807, 2.05) is 31.2 Å². The lowest BCUT2D eigenvalue weighted by molar-refractivity contribution is -0.142. The van der Waals surface area contributed by atoms with Crippen LogP contribution in [-0.4, -0.2) is 39.7 Å². The largest absolute Gasteiger partial charge is 0.481 e. The van der Waals surface area contributed by atoms with Gasteiger partial charge in [-0.2, -0.15) is 0 Å². The minimum atomic E-state index is -0.817. The third kappa shape index (κ3) is 3.40. The Morgan fingerprint density at radius 2 is 2.00 bits per heavy atom. The van der Waals surface area contributed by atoms with E-state index in [2.05, 4.69) is 13.8 Å². The van der Waals surface area contributed by atoms with Crippen molar-refractivity contribution in [3.05, 3.63) is 29.8 Å². The maximum atomic E-state index is 12.7. The molecule has 0 radical (unpaired) electrons. The summed E-state index contributed by atoms with van der Waals surface area (Å²) in [6.45, 7) is 6.51. The van der Waals surface area contributed by atoms with Crippen LogP contribution in [0.2, 0.25) is 0 Å². The van der Waals surface area contributed by atoms with Gasteiger partial charge in [0.25, 0.3) is 5.91 Å². The number of carboxylic acids is 1. The number of hydrogen-bond acceptors (Lipinski definition) is 3. The summed E-state index contributed by atoms with van der Waals surface area (Å²) in [4.78, 5) is 26.6. The van der Waals surface area contributed by atoms with Crippen molar-refractivity contribution in [2.24, 2.45) is 5.92 Å². The van der Waals surface area contributed by atoms with Crippen molar-refractivity contribution in [1.29, 1.82) is 0 Å². The van der Waals surface area contributed by atoms with E-state index in [1.54, 1.807) is 16.7 Å². The first-order chi connectivity index (χ1) is 9.91. The highest BCUT2D eigenvalue weighted by molar-refractivity contribution is 8.00. The second-order valence-corrected chi connectivity index (χ2v) is 7.25. The highest BCUT2D eigenvalue weighted by Crippen LogP contribution is 2.31. The Kier molecular flexibility index (Phi) is 4.93. The summed E-state index contributed by atoms with van der Waals surface area (Å²) in [6, 6.07) is 7.30. The molecule has 4 nitrogen and oxygen atoms in total. The lowest BCUT2D eigenvalue weighted by Crippen LogP contribution is -2.37. The zero-order chi connectivity index (χ0) is 15.6. The highest BCUT2D eigenvalue weighted by atomic mass is 32.2. The van der Waals surface area contributed by atoms with E-state index in [0.29, 0.717) is 23.8 Å². The van der Waals surface area contributed by atoms with E-state index in [4.69, 9.17) is 0 Å². The van der Waals surface area contributed by atoms with Crippen LogP contribution in [0.1, 0.15) is 37.6 Å². The number of carboxylic acid groups (broad SMARTS) is 1. The van der Waals surface area contributed by atoms with E-state index in [9.17, 15) is 14.7 Å².